The molecule has 0 N–H and O–H groups in total. The molecule has 2 heterocycles. The second-order valence-electron chi connectivity index (χ2n) is 5.94. The van der Waals surface area contributed by atoms with E-state index in [0.717, 1.165) is 32.0 Å². The molecule has 4 rings (SSSR count). The van der Waals surface area contributed by atoms with Gasteiger partial charge in [0.05, 0.1) is 18.9 Å². The molecule has 1 aromatic heterocycles. The average Bonchev–Trinajstić information content (AvgIpc) is 2.67. The Hall–Kier alpha value is -2.65. The van der Waals surface area contributed by atoms with Gasteiger partial charge in [-0.15, -0.1) is 0 Å². The normalized spacial score (nSPS) is 15.2. The number of fused-ring (bicyclic) bond motifs is 1. The van der Waals surface area contributed by atoms with Gasteiger partial charge in [0.15, 0.2) is 0 Å². The van der Waals surface area contributed by atoms with E-state index in [9.17, 15) is 0 Å². The Kier molecular flexibility index (Phi) is 4.26. The summed E-state index contributed by atoms with van der Waals surface area (Å²) < 4.78 is 5.41. The Balaban J connectivity index is 1.55. The van der Waals surface area contributed by atoms with Crippen LogP contribution in [0.15, 0.2) is 60.8 Å². The van der Waals surface area contributed by atoms with E-state index < -0.39 is 0 Å². The minimum atomic E-state index is 0.814. The third-order valence-corrected chi connectivity index (χ3v) is 4.41. The summed E-state index contributed by atoms with van der Waals surface area (Å²) in [6.45, 7) is 3.56. The molecule has 0 amide bonds. The molecule has 1 fully saturated rings. The Labute approximate surface area is 142 Å². The van der Waals surface area contributed by atoms with Gasteiger partial charge in [-0.05, 0) is 35.2 Å². The van der Waals surface area contributed by atoms with E-state index in [1.54, 1.807) is 0 Å². The zero-order chi connectivity index (χ0) is 16.2. The Morgan fingerprint density at radius 2 is 1.67 bits per heavy atom. The lowest BCUT2D eigenvalue weighted by Gasteiger charge is -2.28. The number of benzene rings is 2. The third kappa shape index (κ3) is 3.17. The standard InChI is InChI=1S/C21H20N2O/c1-2-4-20-18(3-1)11-12-22-21(20)10-7-17-5-8-19(9-6-17)23-13-15-24-16-14-23/h1-12H,13-16H2/b10-7-. The number of hydrogen-bond donors (Lipinski definition) is 0. The lowest BCUT2D eigenvalue weighted by molar-refractivity contribution is 0.122. The fraction of sp³-hybridized carbons (Fsp3) is 0.190. The number of morpholine rings is 1. The van der Waals surface area contributed by atoms with E-state index in [-0.39, 0.29) is 0 Å². The summed E-state index contributed by atoms with van der Waals surface area (Å²) in [6, 6.07) is 19.1. The van der Waals surface area contributed by atoms with Crippen molar-refractivity contribution >= 4 is 28.6 Å². The molecule has 24 heavy (non-hydrogen) atoms. The van der Waals surface area contributed by atoms with Crippen molar-refractivity contribution < 1.29 is 4.74 Å². The van der Waals surface area contributed by atoms with Crippen molar-refractivity contribution in [2.75, 3.05) is 31.2 Å². The number of ether oxygens (including phenoxy) is 1. The van der Waals surface area contributed by atoms with Crippen LogP contribution in [0.25, 0.3) is 22.9 Å². The number of nitrogens with zero attached hydrogens (tertiary/aromatic N) is 2. The molecule has 3 nitrogen and oxygen atoms in total. The monoisotopic (exact) mass is 316 g/mol. The van der Waals surface area contributed by atoms with Crippen molar-refractivity contribution in [3.8, 4) is 0 Å². The molecule has 0 saturated carbocycles. The molecular weight excluding hydrogens is 296 g/mol. The molecule has 0 spiro atoms. The molecule has 1 aliphatic heterocycles. The summed E-state index contributed by atoms with van der Waals surface area (Å²) in [5.74, 6) is 0. The highest BCUT2D eigenvalue weighted by atomic mass is 16.5. The van der Waals surface area contributed by atoms with Gasteiger partial charge in [-0.1, -0.05) is 42.5 Å². The summed E-state index contributed by atoms with van der Waals surface area (Å²) in [4.78, 5) is 6.87. The van der Waals surface area contributed by atoms with Crippen molar-refractivity contribution in [1.82, 2.24) is 4.98 Å². The van der Waals surface area contributed by atoms with Gasteiger partial charge in [-0.25, -0.2) is 0 Å². The van der Waals surface area contributed by atoms with Gasteiger partial charge < -0.3 is 9.64 Å². The molecule has 120 valence electrons. The number of anilines is 1. The van der Waals surface area contributed by atoms with Gasteiger partial charge in [0.1, 0.15) is 0 Å². The van der Waals surface area contributed by atoms with Crippen molar-refractivity contribution in [2.45, 2.75) is 0 Å². The van der Waals surface area contributed by atoms with Crippen LogP contribution in [0.5, 0.6) is 0 Å². The number of aromatic nitrogens is 1. The largest absolute Gasteiger partial charge is 0.378 e. The highest BCUT2D eigenvalue weighted by molar-refractivity contribution is 5.91. The van der Waals surface area contributed by atoms with Gasteiger partial charge in [0.25, 0.3) is 0 Å². The van der Waals surface area contributed by atoms with Crippen LogP contribution in [0.4, 0.5) is 5.69 Å². The topological polar surface area (TPSA) is 25.4 Å². The molecule has 1 saturated heterocycles. The number of rotatable bonds is 3. The van der Waals surface area contributed by atoms with Crippen LogP contribution in [0.2, 0.25) is 0 Å². The zero-order valence-corrected chi connectivity index (χ0v) is 13.6. The summed E-state index contributed by atoms with van der Waals surface area (Å²) in [5.41, 5.74) is 3.45. The third-order valence-electron chi connectivity index (χ3n) is 4.41. The molecule has 0 unspecified atom stereocenters. The van der Waals surface area contributed by atoms with Gasteiger partial charge in [0, 0.05) is 30.4 Å². The van der Waals surface area contributed by atoms with Crippen LogP contribution in [0.3, 0.4) is 0 Å². The van der Waals surface area contributed by atoms with Crippen molar-refractivity contribution in [3.05, 3.63) is 72.1 Å². The fourth-order valence-electron chi connectivity index (χ4n) is 3.07. The van der Waals surface area contributed by atoms with Crippen LogP contribution >= 0.6 is 0 Å². The smallest absolute Gasteiger partial charge is 0.0708 e. The minimum Gasteiger partial charge on any atom is -0.378 e. The second kappa shape index (κ2) is 6.85. The first-order valence-electron chi connectivity index (χ1n) is 8.35. The highest BCUT2D eigenvalue weighted by Crippen LogP contribution is 2.20. The van der Waals surface area contributed by atoms with Crippen molar-refractivity contribution in [2.24, 2.45) is 0 Å². The first kappa shape index (κ1) is 14.9. The minimum absolute atomic E-state index is 0.814. The quantitative estimate of drug-likeness (QED) is 0.722. The van der Waals surface area contributed by atoms with E-state index in [2.05, 4.69) is 70.6 Å². The Morgan fingerprint density at radius 1 is 0.875 bits per heavy atom. The maximum Gasteiger partial charge on any atom is 0.0708 e. The van der Waals surface area contributed by atoms with Gasteiger partial charge in [-0.3, -0.25) is 4.98 Å². The molecule has 0 aliphatic carbocycles. The lowest BCUT2D eigenvalue weighted by atomic mass is 10.1. The fourth-order valence-corrected chi connectivity index (χ4v) is 3.07. The van der Waals surface area contributed by atoms with E-state index >= 15 is 0 Å². The predicted octanol–water partition coefficient (Wildman–Crippen LogP) is 4.24. The molecule has 0 bridgehead atoms. The Bertz CT molecular complexity index is 844. The SMILES string of the molecule is C(=C/c1nccc2ccccc12)/c1ccc(N2CCOCC2)cc1. The molecular formula is C21H20N2O. The predicted molar refractivity (Wildman–Crippen MR) is 100 cm³/mol. The first-order chi connectivity index (χ1) is 11.9. The van der Waals surface area contributed by atoms with Gasteiger partial charge in [0.2, 0.25) is 0 Å². The molecule has 0 atom stereocenters. The second-order valence-corrected chi connectivity index (χ2v) is 5.94. The maximum absolute atomic E-state index is 5.41. The first-order valence-corrected chi connectivity index (χ1v) is 8.35. The average molecular weight is 316 g/mol. The summed E-state index contributed by atoms with van der Waals surface area (Å²) in [6.07, 6.45) is 6.08. The maximum atomic E-state index is 5.41. The van der Waals surface area contributed by atoms with Crippen molar-refractivity contribution in [3.63, 3.8) is 0 Å². The van der Waals surface area contributed by atoms with Crippen LogP contribution in [0.1, 0.15) is 11.3 Å². The zero-order valence-electron chi connectivity index (χ0n) is 13.6. The van der Waals surface area contributed by atoms with Crippen LogP contribution < -0.4 is 4.90 Å². The number of pyridine rings is 1. The molecule has 3 heteroatoms. The van der Waals surface area contributed by atoms with Gasteiger partial charge in [-0.2, -0.15) is 0 Å². The highest BCUT2D eigenvalue weighted by Gasteiger charge is 2.10. The summed E-state index contributed by atoms with van der Waals surface area (Å²) in [7, 11) is 0. The molecule has 0 radical (unpaired) electrons. The van der Waals surface area contributed by atoms with Crippen LogP contribution in [-0.2, 0) is 4.74 Å². The van der Waals surface area contributed by atoms with Crippen molar-refractivity contribution in [1.29, 1.82) is 0 Å². The van der Waals surface area contributed by atoms with E-state index in [4.69, 9.17) is 4.74 Å². The van der Waals surface area contributed by atoms with Crippen LogP contribution in [0, 0.1) is 0 Å². The molecule has 1 aliphatic rings. The number of hydrogen-bond acceptors (Lipinski definition) is 3. The van der Waals surface area contributed by atoms with Gasteiger partial charge >= 0.3 is 0 Å². The van der Waals surface area contributed by atoms with E-state index in [0.29, 0.717) is 0 Å². The molecule has 2 aromatic carbocycles. The van der Waals surface area contributed by atoms with Crippen LogP contribution in [-0.4, -0.2) is 31.3 Å². The molecule has 3 aromatic rings. The Morgan fingerprint density at radius 3 is 2.50 bits per heavy atom. The summed E-state index contributed by atoms with van der Waals surface area (Å²) in [5, 5.41) is 2.40. The van der Waals surface area contributed by atoms with E-state index in [1.807, 2.05) is 12.3 Å². The van der Waals surface area contributed by atoms with E-state index in [1.165, 1.54) is 22.0 Å². The lowest BCUT2D eigenvalue weighted by Crippen LogP contribution is -2.36. The summed E-state index contributed by atoms with van der Waals surface area (Å²) >= 11 is 0.